The Morgan fingerprint density at radius 2 is 1.67 bits per heavy atom. The zero-order chi connectivity index (χ0) is 21.5. The maximum Gasteiger partial charge on any atom is 0.270 e. The van der Waals surface area contributed by atoms with Crippen molar-refractivity contribution in [1.82, 2.24) is 9.21 Å². The predicted molar refractivity (Wildman–Crippen MR) is 111 cm³/mol. The quantitative estimate of drug-likeness (QED) is 0.516. The predicted octanol–water partition coefficient (Wildman–Crippen LogP) is 2.81. The van der Waals surface area contributed by atoms with E-state index in [1.165, 1.54) is 22.5 Å². The lowest BCUT2D eigenvalue weighted by Gasteiger charge is -2.36. The van der Waals surface area contributed by atoms with Crippen molar-refractivity contribution in [3.05, 3.63) is 69.2 Å². The number of sulfonamides is 1. The molecule has 0 bridgehead atoms. The van der Waals surface area contributed by atoms with Gasteiger partial charge < -0.3 is 4.90 Å². The molecule has 1 saturated heterocycles. The molecule has 2 aliphatic rings. The van der Waals surface area contributed by atoms with Crippen LogP contribution in [0.4, 0.5) is 5.69 Å². The molecule has 8 nitrogen and oxygen atoms in total. The van der Waals surface area contributed by atoms with Crippen LogP contribution in [-0.4, -0.2) is 54.6 Å². The van der Waals surface area contributed by atoms with Gasteiger partial charge in [-0.1, -0.05) is 29.8 Å². The highest BCUT2D eigenvalue weighted by Crippen LogP contribution is 2.50. The minimum atomic E-state index is -3.87. The van der Waals surface area contributed by atoms with Crippen LogP contribution in [0.2, 0.25) is 5.02 Å². The molecule has 10 heteroatoms. The molecule has 0 spiro atoms. The fraction of sp³-hybridized carbons (Fsp3) is 0.350. The maximum atomic E-state index is 13.2. The first-order valence-corrected chi connectivity index (χ1v) is 11.4. The summed E-state index contributed by atoms with van der Waals surface area (Å²) in [6.07, 6.45) is 1.53. The molecule has 2 fully saturated rings. The summed E-state index contributed by atoms with van der Waals surface area (Å²) < 4.78 is 27.1. The van der Waals surface area contributed by atoms with Gasteiger partial charge in [-0.05, 0) is 36.6 Å². The fourth-order valence-corrected chi connectivity index (χ4v) is 5.45. The van der Waals surface area contributed by atoms with Gasteiger partial charge in [-0.2, -0.15) is 4.31 Å². The summed E-state index contributed by atoms with van der Waals surface area (Å²) in [6.45, 7) is 0.853. The number of carbonyl (C=O) groups is 1. The largest absolute Gasteiger partial charge is 0.339 e. The van der Waals surface area contributed by atoms with E-state index in [0.717, 1.165) is 24.5 Å². The first-order chi connectivity index (χ1) is 14.2. The minimum Gasteiger partial charge on any atom is -0.339 e. The summed E-state index contributed by atoms with van der Waals surface area (Å²) >= 11 is 5.95. The van der Waals surface area contributed by atoms with Crippen LogP contribution in [0.15, 0.2) is 53.4 Å². The maximum absolute atomic E-state index is 13.2. The molecule has 0 radical (unpaired) electrons. The first kappa shape index (κ1) is 20.8. The Hall–Kier alpha value is -2.49. The van der Waals surface area contributed by atoms with E-state index in [-0.39, 0.29) is 42.7 Å². The van der Waals surface area contributed by atoms with Crippen LogP contribution >= 0.6 is 11.6 Å². The number of non-ortho nitro benzene ring substituents is 1. The van der Waals surface area contributed by atoms with Gasteiger partial charge in [-0.15, -0.1) is 0 Å². The lowest BCUT2D eigenvalue weighted by atomic mass is 9.94. The highest BCUT2D eigenvalue weighted by atomic mass is 35.5. The Morgan fingerprint density at radius 3 is 2.23 bits per heavy atom. The number of nitro benzene ring substituents is 1. The third-order valence-electron chi connectivity index (χ3n) is 5.75. The van der Waals surface area contributed by atoms with Gasteiger partial charge in [-0.25, -0.2) is 8.42 Å². The molecule has 0 N–H and O–H groups in total. The number of hydrogen-bond donors (Lipinski definition) is 0. The molecule has 30 heavy (non-hydrogen) atoms. The highest BCUT2D eigenvalue weighted by Gasteiger charge is 2.53. The van der Waals surface area contributed by atoms with Gasteiger partial charge in [0.25, 0.3) is 5.69 Å². The van der Waals surface area contributed by atoms with Crippen molar-refractivity contribution >= 4 is 33.2 Å². The zero-order valence-corrected chi connectivity index (χ0v) is 17.6. The number of halogens is 1. The summed E-state index contributed by atoms with van der Waals surface area (Å²) in [7, 11) is -3.87. The summed E-state index contributed by atoms with van der Waals surface area (Å²) in [6, 6.07) is 12.3. The third kappa shape index (κ3) is 3.68. The van der Waals surface area contributed by atoms with Crippen molar-refractivity contribution in [2.24, 2.45) is 0 Å². The molecule has 158 valence electrons. The third-order valence-corrected chi connectivity index (χ3v) is 7.89. The van der Waals surface area contributed by atoms with E-state index in [9.17, 15) is 23.3 Å². The van der Waals surface area contributed by atoms with Gasteiger partial charge in [0.05, 0.1) is 15.2 Å². The van der Waals surface area contributed by atoms with Crippen molar-refractivity contribution < 1.29 is 18.1 Å². The smallest absolute Gasteiger partial charge is 0.270 e. The number of benzene rings is 2. The number of carbonyl (C=O) groups excluding carboxylic acids is 1. The Kier molecular flexibility index (Phi) is 5.29. The summed E-state index contributed by atoms with van der Waals surface area (Å²) in [5, 5.41) is 11.6. The molecule has 1 aliphatic heterocycles. The minimum absolute atomic E-state index is 0.0113. The number of amides is 1. The van der Waals surface area contributed by atoms with Gasteiger partial charge in [0.15, 0.2) is 0 Å². The van der Waals surface area contributed by atoms with Crippen LogP contribution in [0.3, 0.4) is 0 Å². The van der Waals surface area contributed by atoms with E-state index in [0.29, 0.717) is 5.02 Å². The summed E-state index contributed by atoms with van der Waals surface area (Å²) in [5.74, 6) is 0.0113. The first-order valence-electron chi connectivity index (χ1n) is 9.54. The standard InChI is InChI=1S/C20H20ClN3O5S/c21-16-6-4-15(5-7-16)20(8-9-20)19(25)22-10-12-23(13-11-22)30(28,29)18-3-1-2-17(14-18)24(26)27/h1-7,14H,8-13H2. The van der Waals surface area contributed by atoms with E-state index in [2.05, 4.69) is 0 Å². The molecule has 1 heterocycles. The number of nitro groups is 1. The number of nitrogens with zero attached hydrogens (tertiary/aromatic N) is 3. The second kappa shape index (κ2) is 7.64. The zero-order valence-electron chi connectivity index (χ0n) is 16.0. The molecular weight excluding hydrogens is 430 g/mol. The lowest BCUT2D eigenvalue weighted by Crippen LogP contribution is -2.52. The Bertz CT molecular complexity index is 1090. The van der Waals surface area contributed by atoms with Crippen molar-refractivity contribution in [1.29, 1.82) is 0 Å². The van der Waals surface area contributed by atoms with Crippen LogP contribution < -0.4 is 0 Å². The Balaban J connectivity index is 1.46. The fourth-order valence-electron chi connectivity index (χ4n) is 3.86. The molecule has 0 aromatic heterocycles. The average Bonchev–Trinajstić information content (AvgIpc) is 3.56. The van der Waals surface area contributed by atoms with Crippen LogP contribution in [0.5, 0.6) is 0 Å². The normalized spacial score (nSPS) is 18.8. The van der Waals surface area contributed by atoms with E-state index < -0.39 is 20.4 Å². The lowest BCUT2D eigenvalue weighted by molar-refractivity contribution is -0.385. The highest BCUT2D eigenvalue weighted by molar-refractivity contribution is 7.89. The molecule has 2 aromatic carbocycles. The topological polar surface area (TPSA) is 101 Å². The number of hydrogen-bond acceptors (Lipinski definition) is 5. The van der Waals surface area contributed by atoms with Gasteiger partial charge in [0.2, 0.25) is 15.9 Å². The van der Waals surface area contributed by atoms with Crippen molar-refractivity contribution in [3.8, 4) is 0 Å². The van der Waals surface area contributed by atoms with Crippen LogP contribution in [0.25, 0.3) is 0 Å². The molecule has 1 amide bonds. The molecular formula is C20H20ClN3O5S. The van der Waals surface area contributed by atoms with Crippen molar-refractivity contribution in [2.75, 3.05) is 26.2 Å². The second-order valence-corrected chi connectivity index (χ2v) is 9.91. The average molecular weight is 450 g/mol. The second-order valence-electron chi connectivity index (χ2n) is 7.54. The summed E-state index contributed by atoms with van der Waals surface area (Å²) in [4.78, 5) is 25.1. The van der Waals surface area contributed by atoms with Crippen LogP contribution in [0.1, 0.15) is 18.4 Å². The number of piperazine rings is 1. The van der Waals surface area contributed by atoms with Gasteiger partial charge in [0, 0.05) is 43.3 Å². The van der Waals surface area contributed by atoms with E-state index >= 15 is 0 Å². The van der Waals surface area contributed by atoms with Gasteiger partial charge in [-0.3, -0.25) is 14.9 Å². The van der Waals surface area contributed by atoms with Gasteiger partial charge >= 0.3 is 0 Å². The Morgan fingerprint density at radius 1 is 1.03 bits per heavy atom. The monoisotopic (exact) mass is 449 g/mol. The van der Waals surface area contributed by atoms with Crippen LogP contribution in [-0.2, 0) is 20.2 Å². The molecule has 4 rings (SSSR count). The molecule has 1 saturated carbocycles. The van der Waals surface area contributed by atoms with Crippen molar-refractivity contribution in [3.63, 3.8) is 0 Å². The molecule has 2 aromatic rings. The molecule has 0 unspecified atom stereocenters. The van der Waals surface area contributed by atoms with Crippen LogP contribution in [0, 0.1) is 10.1 Å². The number of rotatable bonds is 5. The van der Waals surface area contributed by atoms with Gasteiger partial charge in [0.1, 0.15) is 0 Å². The molecule has 0 atom stereocenters. The van der Waals surface area contributed by atoms with E-state index in [1.54, 1.807) is 17.0 Å². The Labute approximate surface area is 179 Å². The SMILES string of the molecule is O=C(N1CCN(S(=O)(=O)c2cccc([N+](=O)[O-])c2)CC1)C1(c2ccc(Cl)cc2)CC1. The van der Waals surface area contributed by atoms with Crippen molar-refractivity contribution in [2.45, 2.75) is 23.2 Å². The van der Waals surface area contributed by atoms with E-state index in [4.69, 9.17) is 11.6 Å². The molecule has 1 aliphatic carbocycles. The summed E-state index contributed by atoms with van der Waals surface area (Å²) in [5.41, 5.74) is 0.123. The van der Waals surface area contributed by atoms with E-state index in [1.807, 2.05) is 12.1 Å².